The first kappa shape index (κ1) is 12.5. The molecular weight excluding hydrogens is 255 g/mol. The molecule has 0 unspecified atom stereocenters. The average molecular weight is 261 g/mol. The zero-order chi connectivity index (χ0) is 11.9. The van der Waals surface area contributed by atoms with E-state index in [1.165, 1.54) is 0 Å². The van der Waals surface area contributed by atoms with Crippen LogP contribution in [0.25, 0.3) is 0 Å². The number of alkyl halides is 3. The third kappa shape index (κ3) is 2.95. The van der Waals surface area contributed by atoms with Crippen molar-refractivity contribution in [3.05, 3.63) is 28.8 Å². The molecule has 0 aromatic heterocycles. The van der Waals surface area contributed by atoms with Crippen molar-refractivity contribution in [1.82, 2.24) is 0 Å². The van der Waals surface area contributed by atoms with Gasteiger partial charge >= 0.3 is 13.8 Å². The molecule has 0 fully saturated rings. The van der Waals surface area contributed by atoms with E-state index < -0.39 is 29.7 Å². The van der Waals surface area contributed by atoms with E-state index >= 15 is 0 Å². The molecule has 0 aliphatic heterocycles. The molecule has 0 heterocycles. The summed E-state index contributed by atoms with van der Waals surface area (Å²) in [7, 11) is -4.78. The van der Waals surface area contributed by atoms with Gasteiger partial charge in [0.2, 0.25) is 0 Å². The van der Waals surface area contributed by atoms with Gasteiger partial charge in [-0.15, -0.1) is 0 Å². The summed E-state index contributed by atoms with van der Waals surface area (Å²) in [5.74, 6) is 0. The van der Waals surface area contributed by atoms with Gasteiger partial charge in [-0.25, -0.2) is 0 Å². The quantitative estimate of drug-likeness (QED) is 0.761. The van der Waals surface area contributed by atoms with Gasteiger partial charge in [0, 0.05) is 0 Å². The van der Waals surface area contributed by atoms with E-state index in [4.69, 9.17) is 21.4 Å². The predicted molar refractivity (Wildman–Crippen MR) is 48.1 cm³/mol. The Bertz CT molecular complexity index is 426. The summed E-state index contributed by atoms with van der Waals surface area (Å²) in [5, 5.41) is -1.21. The highest BCUT2D eigenvalue weighted by Gasteiger charge is 2.33. The number of halogens is 4. The maximum absolute atomic E-state index is 12.2. The Labute approximate surface area is 87.6 Å². The molecule has 8 heteroatoms. The van der Waals surface area contributed by atoms with Crippen LogP contribution in [0.2, 0.25) is 5.02 Å². The molecule has 0 saturated heterocycles. The van der Waals surface area contributed by atoms with Crippen LogP contribution in [0.4, 0.5) is 13.2 Å². The maximum atomic E-state index is 12.2. The van der Waals surface area contributed by atoms with E-state index in [1.807, 2.05) is 0 Å². The lowest BCUT2D eigenvalue weighted by Gasteiger charge is -2.11. The van der Waals surface area contributed by atoms with Crippen molar-refractivity contribution in [2.75, 3.05) is 0 Å². The van der Waals surface area contributed by atoms with Crippen LogP contribution < -0.4 is 5.30 Å². The van der Waals surface area contributed by atoms with Gasteiger partial charge < -0.3 is 9.79 Å². The van der Waals surface area contributed by atoms with Crippen molar-refractivity contribution in [2.24, 2.45) is 0 Å². The number of benzene rings is 1. The molecule has 1 aromatic rings. The Morgan fingerprint density at radius 2 is 1.80 bits per heavy atom. The molecule has 0 radical (unpaired) electrons. The second kappa shape index (κ2) is 3.79. The maximum Gasteiger partial charge on any atom is 0.416 e. The highest BCUT2D eigenvalue weighted by atomic mass is 35.5. The number of hydrogen-bond donors (Lipinski definition) is 2. The van der Waals surface area contributed by atoms with Gasteiger partial charge in [-0.1, -0.05) is 11.6 Å². The van der Waals surface area contributed by atoms with Crippen molar-refractivity contribution in [3.8, 4) is 0 Å². The number of rotatable bonds is 1. The molecule has 0 amide bonds. The molecule has 0 bridgehead atoms. The molecule has 84 valence electrons. The van der Waals surface area contributed by atoms with Crippen molar-refractivity contribution >= 4 is 24.5 Å². The van der Waals surface area contributed by atoms with Gasteiger partial charge in [0.1, 0.15) is 0 Å². The first-order valence-corrected chi connectivity index (χ1v) is 5.54. The van der Waals surface area contributed by atoms with Gasteiger partial charge in [-0.05, 0) is 18.2 Å². The zero-order valence-electron chi connectivity index (χ0n) is 6.99. The molecule has 0 aliphatic carbocycles. The lowest BCUT2D eigenvalue weighted by molar-refractivity contribution is -0.137. The smallest absolute Gasteiger partial charge is 0.321 e. The van der Waals surface area contributed by atoms with Crippen LogP contribution >= 0.6 is 19.2 Å². The van der Waals surface area contributed by atoms with E-state index in [9.17, 15) is 17.7 Å². The molecule has 0 aliphatic rings. The third-order valence-corrected chi connectivity index (χ3v) is 3.05. The average Bonchev–Trinajstić information content (AvgIpc) is 2.00. The Hall–Kier alpha value is -0.550. The van der Waals surface area contributed by atoms with E-state index in [0.29, 0.717) is 12.1 Å². The fourth-order valence-corrected chi connectivity index (χ4v) is 2.02. The van der Waals surface area contributed by atoms with Crippen LogP contribution in [0.1, 0.15) is 5.56 Å². The Kier molecular flexibility index (Phi) is 3.16. The zero-order valence-corrected chi connectivity index (χ0v) is 8.64. The molecular formula is C7H5ClF3O3P. The summed E-state index contributed by atoms with van der Waals surface area (Å²) in [5.41, 5.74) is -1.15. The second-order valence-corrected chi connectivity index (χ2v) is 4.69. The van der Waals surface area contributed by atoms with E-state index in [-0.39, 0.29) is 0 Å². The van der Waals surface area contributed by atoms with Gasteiger partial charge in [-0.3, -0.25) is 4.57 Å². The summed E-state index contributed by atoms with van der Waals surface area (Å²) in [6.45, 7) is 0. The predicted octanol–water partition coefficient (Wildman–Crippen LogP) is 2.16. The van der Waals surface area contributed by atoms with Crippen LogP contribution in [-0.4, -0.2) is 9.79 Å². The van der Waals surface area contributed by atoms with Crippen LogP contribution in [0.3, 0.4) is 0 Å². The summed E-state index contributed by atoms with van der Waals surface area (Å²) < 4.78 is 47.4. The monoisotopic (exact) mass is 260 g/mol. The van der Waals surface area contributed by atoms with E-state index in [2.05, 4.69) is 0 Å². The summed E-state index contributed by atoms with van der Waals surface area (Å²) in [6, 6.07) is 1.81. The number of hydrogen-bond acceptors (Lipinski definition) is 1. The fraction of sp³-hybridized carbons (Fsp3) is 0.143. The minimum Gasteiger partial charge on any atom is -0.321 e. The summed E-state index contributed by atoms with van der Waals surface area (Å²) in [4.78, 5) is 17.4. The lowest BCUT2D eigenvalue weighted by Crippen LogP contribution is -2.12. The highest BCUT2D eigenvalue weighted by Crippen LogP contribution is 2.39. The topological polar surface area (TPSA) is 57.5 Å². The van der Waals surface area contributed by atoms with Gasteiger partial charge in [0.25, 0.3) is 0 Å². The largest absolute Gasteiger partial charge is 0.416 e. The van der Waals surface area contributed by atoms with Gasteiger partial charge in [-0.2, -0.15) is 13.2 Å². The van der Waals surface area contributed by atoms with Crippen LogP contribution in [0.5, 0.6) is 0 Å². The van der Waals surface area contributed by atoms with E-state index in [1.54, 1.807) is 0 Å². The van der Waals surface area contributed by atoms with E-state index in [0.717, 1.165) is 6.07 Å². The van der Waals surface area contributed by atoms with Crippen molar-refractivity contribution in [3.63, 3.8) is 0 Å². The fourth-order valence-electron chi connectivity index (χ4n) is 0.912. The summed E-state index contributed by atoms with van der Waals surface area (Å²) >= 11 is 5.37. The molecule has 3 nitrogen and oxygen atoms in total. The minimum absolute atomic E-state index is 0.350. The Morgan fingerprint density at radius 3 is 2.20 bits per heavy atom. The Balaban J connectivity index is 3.36. The first-order valence-electron chi connectivity index (χ1n) is 3.55. The van der Waals surface area contributed by atoms with Crippen molar-refractivity contribution < 1.29 is 27.5 Å². The standard InChI is InChI=1S/C7H5ClF3O3P/c8-5-2-1-4(7(9,10)11)3-6(5)15(12,13)14/h1-3H,(H2,12,13,14). The van der Waals surface area contributed by atoms with Crippen molar-refractivity contribution in [1.29, 1.82) is 0 Å². The molecule has 0 atom stereocenters. The van der Waals surface area contributed by atoms with Crippen molar-refractivity contribution in [2.45, 2.75) is 6.18 Å². The molecule has 0 spiro atoms. The Morgan fingerprint density at radius 1 is 1.27 bits per heavy atom. The van der Waals surface area contributed by atoms with Gasteiger partial charge in [0.15, 0.2) is 0 Å². The SMILES string of the molecule is O=P(O)(O)c1cc(C(F)(F)F)ccc1Cl. The molecule has 1 rings (SSSR count). The molecule has 15 heavy (non-hydrogen) atoms. The molecule has 1 aromatic carbocycles. The second-order valence-electron chi connectivity index (χ2n) is 2.71. The normalized spacial score (nSPS) is 12.9. The van der Waals surface area contributed by atoms with Gasteiger partial charge in [0.05, 0.1) is 15.9 Å². The third-order valence-electron chi connectivity index (χ3n) is 1.59. The highest BCUT2D eigenvalue weighted by molar-refractivity contribution is 7.60. The lowest BCUT2D eigenvalue weighted by atomic mass is 10.2. The molecule has 0 saturated carbocycles. The minimum atomic E-state index is -4.78. The van der Waals surface area contributed by atoms with Crippen LogP contribution in [0.15, 0.2) is 18.2 Å². The van der Waals surface area contributed by atoms with Crippen LogP contribution in [-0.2, 0) is 10.7 Å². The molecule has 2 N–H and O–H groups in total. The van der Waals surface area contributed by atoms with Crippen LogP contribution in [0, 0.1) is 0 Å². The first-order chi connectivity index (χ1) is 6.62. The summed E-state index contributed by atoms with van der Waals surface area (Å²) in [6.07, 6.45) is -4.66.